The van der Waals surface area contributed by atoms with Gasteiger partial charge in [0, 0.05) is 39.3 Å². The molecule has 3 atom stereocenters. The van der Waals surface area contributed by atoms with Crippen molar-refractivity contribution in [1.29, 1.82) is 0 Å². The lowest BCUT2D eigenvalue weighted by Gasteiger charge is -2.29. The molecule has 3 saturated heterocycles. The van der Waals surface area contributed by atoms with Gasteiger partial charge in [-0.2, -0.15) is 0 Å². The van der Waals surface area contributed by atoms with Crippen molar-refractivity contribution in [2.45, 2.75) is 38.6 Å². The van der Waals surface area contributed by atoms with E-state index < -0.39 is 0 Å². The molecule has 3 aliphatic rings. The third-order valence-corrected chi connectivity index (χ3v) is 4.79. The van der Waals surface area contributed by atoms with E-state index in [-0.39, 0.29) is 12.7 Å². The van der Waals surface area contributed by atoms with Gasteiger partial charge < -0.3 is 34.0 Å². The van der Waals surface area contributed by atoms with Crippen LogP contribution in [0.1, 0.15) is 20.3 Å². The molecule has 0 aromatic rings. The second-order valence-corrected chi connectivity index (χ2v) is 7.54. The van der Waals surface area contributed by atoms with Gasteiger partial charge in [-0.15, -0.1) is 0 Å². The quantitative estimate of drug-likeness (QED) is 0.748. The highest BCUT2D eigenvalue weighted by Crippen LogP contribution is 2.05. The van der Waals surface area contributed by atoms with Crippen LogP contribution in [0.15, 0.2) is 0 Å². The van der Waals surface area contributed by atoms with Gasteiger partial charge in [0.05, 0.1) is 44.7 Å². The molecule has 0 aromatic heterocycles. The summed E-state index contributed by atoms with van der Waals surface area (Å²) in [5, 5.41) is 8.66. The highest BCUT2D eigenvalue weighted by molar-refractivity contribution is 4.67. The zero-order valence-electron chi connectivity index (χ0n) is 17.5. The zero-order chi connectivity index (χ0) is 19.4. The molecule has 3 rings (SSSR count). The summed E-state index contributed by atoms with van der Waals surface area (Å²) in [7, 11) is 6.30. The topological polar surface area (TPSA) is 57.6 Å². The van der Waals surface area contributed by atoms with Crippen LogP contribution in [0.2, 0.25) is 0 Å². The molecule has 0 spiro atoms. The van der Waals surface area contributed by atoms with Gasteiger partial charge in [-0.3, -0.25) is 0 Å². The van der Waals surface area contributed by atoms with Crippen molar-refractivity contribution in [1.82, 2.24) is 14.7 Å². The molecule has 26 heavy (non-hydrogen) atoms. The van der Waals surface area contributed by atoms with Gasteiger partial charge in [0.1, 0.15) is 0 Å². The van der Waals surface area contributed by atoms with Gasteiger partial charge in [-0.25, -0.2) is 0 Å². The highest BCUT2D eigenvalue weighted by atomic mass is 16.5. The standard InChI is InChI=1S/C7H15NO.C6H13NO2.C6H13NO/c1-3-7-6-8(2)4-5-9-7;1-7-2-3-9-6(4-7)5-8;1-6-5-7(2)3-4-8-6/h7H,3-6H2,1-2H3;6,8H,2-5H2,1H3;6H,3-5H2,1-2H3/t7-;2*6-/m010/s1. The molecule has 7 heteroatoms. The summed E-state index contributed by atoms with van der Waals surface area (Å²) in [4.78, 5) is 6.76. The van der Waals surface area contributed by atoms with Crippen LogP contribution in [-0.4, -0.2) is 125 Å². The minimum absolute atomic E-state index is 0.0451. The first-order valence-electron chi connectivity index (χ1n) is 9.95. The smallest absolute Gasteiger partial charge is 0.0932 e. The molecule has 3 fully saturated rings. The van der Waals surface area contributed by atoms with Crippen molar-refractivity contribution >= 4 is 0 Å². The van der Waals surface area contributed by atoms with Crippen LogP contribution in [-0.2, 0) is 14.2 Å². The van der Waals surface area contributed by atoms with Gasteiger partial charge in [0.15, 0.2) is 0 Å². The number of rotatable bonds is 2. The Labute approximate surface area is 160 Å². The van der Waals surface area contributed by atoms with E-state index in [9.17, 15) is 0 Å². The summed E-state index contributed by atoms with van der Waals surface area (Å²) >= 11 is 0. The molecular weight excluding hydrogens is 334 g/mol. The van der Waals surface area contributed by atoms with Crippen molar-refractivity contribution in [3.8, 4) is 0 Å². The predicted octanol–water partition coefficient (Wildman–Crippen LogP) is 0.373. The maximum Gasteiger partial charge on any atom is 0.0932 e. The minimum Gasteiger partial charge on any atom is -0.394 e. The number of ether oxygens (including phenoxy) is 3. The Balaban J connectivity index is 0.000000195. The third-order valence-electron chi connectivity index (χ3n) is 4.79. The molecule has 0 unspecified atom stereocenters. The Bertz CT molecular complexity index is 319. The van der Waals surface area contributed by atoms with Gasteiger partial charge >= 0.3 is 0 Å². The molecule has 0 saturated carbocycles. The molecular formula is C19H41N3O4. The van der Waals surface area contributed by atoms with Gasteiger partial charge in [0.25, 0.3) is 0 Å². The zero-order valence-corrected chi connectivity index (χ0v) is 17.5. The monoisotopic (exact) mass is 375 g/mol. The van der Waals surface area contributed by atoms with E-state index in [2.05, 4.69) is 42.6 Å². The average Bonchev–Trinajstić information content (AvgIpc) is 2.62. The third kappa shape index (κ3) is 10.8. The number of hydrogen-bond donors (Lipinski definition) is 1. The first-order valence-corrected chi connectivity index (χ1v) is 9.95. The average molecular weight is 376 g/mol. The van der Waals surface area contributed by atoms with Crippen molar-refractivity contribution in [3.05, 3.63) is 0 Å². The Kier molecular flexibility index (Phi) is 12.6. The normalized spacial score (nSPS) is 31.4. The van der Waals surface area contributed by atoms with E-state index in [1.165, 1.54) is 0 Å². The molecule has 3 aliphatic heterocycles. The van der Waals surface area contributed by atoms with Crippen molar-refractivity contribution < 1.29 is 19.3 Å². The fraction of sp³-hybridized carbons (Fsp3) is 1.00. The molecule has 0 radical (unpaired) electrons. The Morgan fingerprint density at radius 2 is 1.23 bits per heavy atom. The van der Waals surface area contributed by atoms with Crippen molar-refractivity contribution in [3.63, 3.8) is 0 Å². The summed E-state index contributed by atoms with van der Waals surface area (Å²) in [5.41, 5.74) is 0. The Morgan fingerprint density at radius 1 is 0.769 bits per heavy atom. The molecule has 0 aromatic carbocycles. The van der Waals surface area contributed by atoms with E-state index in [0.29, 0.717) is 12.2 Å². The number of hydrogen-bond acceptors (Lipinski definition) is 7. The van der Waals surface area contributed by atoms with Crippen LogP contribution in [0.4, 0.5) is 0 Å². The van der Waals surface area contributed by atoms with Crippen LogP contribution in [0.5, 0.6) is 0 Å². The van der Waals surface area contributed by atoms with E-state index in [1.54, 1.807) is 0 Å². The van der Waals surface area contributed by atoms with Crippen molar-refractivity contribution in [2.24, 2.45) is 0 Å². The van der Waals surface area contributed by atoms with Crippen LogP contribution in [0, 0.1) is 0 Å². The van der Waals surface area contributed by atoms with Gasteiger partial charge in [0.2, 0.25) is 0 Å². The summed E-state index contributed by atoms with van der Waals surface area (Å²) in [5.74, 6) is 0. The van der Waals surface area contributed by atoms with Crippen LogP contribution >= 0.6 is 0 Å². The number of aliphatic hydroxyl groups excluding tert-OH is 1. The molecule has 1 N–H and O–H groups in total. The van der Waals surface area contributed by atoms with E-state index in [0.717, 1.165) is 65.5 Å². The molecule has 0 bridgehead atoms. The Hall–Kier alpha value is -0.280. The molecule has 0 amide bonds. The molecule has 156 valence electrons. The fourth-order valence-electron chi connectivity index (χ4n) is 3.08. The second-order valence-electron chi connectivity index (χ2n) is 7.54. The van der Waals surface area contributed by atoms with Crippen LogP contribution in [0.3, 0.4) is 0 Å². The lowest BCUT2D eigenvalue weighted by Crippen LogP contribution is -2.41. The molecule has 0 aliphatic carbocycles. The highest BCUT2D eigenvalue weighted by Gasteiger charge is 2.16. The largest absolute Gasteiger partial charge is 0.394 e. The first-order chi connectivity index (χ1) is 12.4. The number of likely N-dealkylation sites (N-methyl/N-ethyl adjacent to an activating group) is 3. The van der Waals surface area contributed by atoms with Crippen molar-refractivity contribution in [2.75, 3.05) is 86.8 Å². The van der Waals surface area contributed by atoms with E-state index >= 15 is 0 Å². The van der Waals surface area contributed by atoms with E-state index in [4.69, 9.17) is 19.3 Å². The minimum atomic E-state index is 0.0451. The number of aliphatic hydroxyl groups is 1. The van der Waals surface area contributed by atoms with Crippen LogP contribution in [0.25, 0.3) is 0 Å². The molecule has 3 heterocycles. The maximum atomic E-state index is 8.66. The summed E-state index contributed by atoms with van der Waals surface area (Å²) in [6.45, 7) is 13.2. The fourth-order valence-corrected chi connectivity index (χ4v) is 3.08. The number of nitrogens with zero attached hydrogens (tertiary/aromatic N) is 3. The SMILES string of the molecule is CC[C@H]1CN(C)CCO1.CN1CCO[C@@H](CO)C1.C[C@H]1CN(C)CCO1. The van der Waals surface area contributed by atoms with Gasteiger partial charge in [-0.05, 0) is 34.5 Å². The predicted molar refractivity (Wildman–Crippen MR) is 105 cm³/mol. The second kappa shape index (κ2) is 13.8. The summed E-state index contributed by atoms with van der Waals surface area (Å²) in [6, 6.07) is 0. The van der Waals surface area contributed by atoms with Gasteiger partial charge in [-0.1, -0.05) is 6.92 Å². The lowest BCUT2D eigenvalue weighted by atomic mass is 10.2. The lowest BCUT2D eigenvalue weighted by molar-refractivity contribution is -0.0453. The Morgan fingerprint density at radius 3 is 1.54 bits per heavy atom. The molecule has 7 nitrogen and oxygen atoms in total. The maximum absolute atomic E-state index is 8.66. The van der Waals surface area contributed by atoms with Crippen LogP contribution < -0.4 is 0 Å². The summed E-state index contributed by atoms with van der Waals surface area (Å²) < 4.78 is 16.0. The summed E-state index contributed by atoms with van der Waals surface area (Å²) in [6.07, 6.45) is 2.12. The van der Waals surface area contributed by atoms with E-state index in [1.807, 2.05) is 7.05 Å². The number of morpholine rings is 3. The first kappa shape index (κ1) is 23.8.